The van der Waals surface area contributed by atoms with Gasteiger partial charge in [0.25, 0.3) is 0 Å². The van der Waals surface area contributed by atoms with Gasteiger partial charge in [0, 0.05) is 18.3 Å². The number of anilines is 1. The number of carbonyl (C=O) groups excluding carboxylic acids is 1. The molecule has 0 radical (unpaired) electrons. The standard InChI is InChI=1S/C15H19N5O2/c1-10-16-14(22-19-10)13-8-12(9-20(13)2)18-15(21)17-11-6-4-3-5-7-11/h3-7,12-13H,8-9H2,1-2H3,(H2,17,18,21)/t12-,13+/m0/s1. The summed E-state index contributed by atoms with van der Waals surface area (Å²) in [5.41, 5.74) is 0.774. The molecule has 2 atom stereocenters. The number of para-hydroxylation sites is 1. The summed E-state index contributed by atoms with van der Waals surface area (Å²) in [5.74, 6) is 1.23. The highest BCUT2D eigenvalue weighted by Crippen LogP contribution is 2.29. The van der Waals surface area contributed by atoms with Gasteiger partial charge in [0.1, 0.15) is 0 Å². The molecule has 0 aliphatic carbocycles. The lowest BCUT2D eigenvalue weighted by Gasteiger charge is -2.14. The van der Waals surface area contributed by atoms with Gasteiger partial charge < -0.3 is 15.2 Å². The lowest BCUT2D eigenvalue weighted by molar-refractivity contribution is 0.243. The normalized spacial score (nSPS) is 21.7. The number of nitrogens with one attached hydrogen (secondary N) is 2. The molecule has 1 aliphatic rings. The third kappa shape index (κ3) is 3.25. The van der Waals surface area contributed by atoms with Crippen LogP contribution in [0.4, 0.5) is 10.5 Å². The molecule has 1 fully saturated rings. The Morgan fingerprint density at radius 1 is 1.36 bits per heavy atom. The van der Waals surface area contributed by atoms with Crippen LogP contribution in [0.5, 0.6) is 0 Å². The number of urea groups is 1. The molecular formula is C15H19N5O2. The summed E-state index contributed by atoms with van der Waals surface area (Å²) in [4.78, 5) is 18.4. The molecule has 2 amide bonds. The van der Waals surface area contributed by atoms with Crippen LogP contribution in [-0.4, -0.2) is 40.7 Å². The Bertz CT molecular complexity index is 642. The van der Waals surface area contributed by atoms with Gasteiger partial charge in [-0.25, -0.2) is 4.79 Å². The summed E-state index contributed by atoms with van der Waals surface area (Å²) >= 11 is 0. The number of carbonyl (C=O) groups is 1. The number of likely N-dealkylation sites (N-methyl/N-ethyl adjacent to an activating group) is 1. The van der Waals surface area contributed by atoms with E-state index in [9.17, 15) is 4.79 Å². The first-order valence-electron chi connectivity index (χ1n) is 7.25. The SMILES string of the molecule is Cc1noc([C@H]2C[C@H](NC(=O)Nc3ccccc3)CN2C)n1. The van der Waals surface area contributed by atoms with Crippen molar-refractivity contribution in [1.82, 2.24) is 20.4 Å². The Balaban J connectivity index is 1.57. The zero-order valence-corrected chi connectivity index (χ0v) is 12.6. The lowest BCUT2D eigenvalue weighted by atomic mass is 10.1. The fourth-order valence-corrected chi connectivity index (χ4v) is 2.72. The molecule has 7 nitrogen and oxygen atoms in total. The zero-order valence-electron chi connectivity index (χ0n) is 12.6. The highest BCUT2D eigenvalue weighted by atomic mass is 16.5. The molecule has 116 valence electrons. The minimum atomic E-state index is -0.202. The summed E-state index contributed by atoms with van der Waals surface area (Å²) in [6.45, 7) is 2.54. The molecule has 2 heterocycles. The van der Waals surface area contributed by atoms with Crippen molar-refractivity contribution in [3.63, 3.8) is 0 Å². The van der Waals surface area contributed by atoms with Gasteiger partial charge in [0.15, 0.2) is 5.82 Å². The van der Waals surface area contributed by atoms with Crippen molar-refractivity contribution in [3.8, 4) is 0 Å². The number of aromatic nitrogens is 2. The van der Waals surface area contributed by atoms with E-state index in [2.05, 4.69) is 25.7 Å². The second-order valence-electron chi connectivity index (χ2n) is 5.53. The van der Waals surface area contributed by atoms with Crippen molar-refractivity contribution >= 4 is 11.7 Å². The highest BCUT2D eigenvalue weighted by Gasteiger charge is 2.34. The summed E-state index contributed by atoms with van der Waals surface area (Å²) < 4.78 is 5.24. The van der Waals surface area contributed by atoms with Gasteiger partial charge in [-0.15, -0.1) is 0 Å². The van der Waals surface area contributed by atoms with Crippen LogP contribution in [0.25, 0.3) is 0 Å². The number of hydrogen-bond acceptors (Lipinski definition) is 5. The van der Waals surface area contributed by atoms with E-state index in [1.54, 1.807) is 6.92 Å². The van der Waals surface area contributed by atoms with Crippen LogP contribution >= 0.6 is 0 Å². The van der Waals surface area contributed by atoms with Crippen LogP contribution in [0.2, 0.25) is 0 Å². The number of amides is 2. The Morgan fingerprint density at radius 2 is 2.14 bits per heavy atom. The quantitative estimate of drug-likeness (QED) is 0.905. The van der Waals surface area contributed by atoms with Crippen LogP contribution in [0.15, 0.2) is 34.9 Å². The third-order valence-electron chi connectivity index (χ3n) is 3.74. The Kier molecular flexibility index (Phi) is 4.06. The number of benzene rings is 1. The van der Waals surface area contributed by atoms with Crippen LogP contribution in [0.3, 0.4) is 0 Å². The molecule has 22 heavy (non-hydrogen) atoms. The molecule has 0 unspecified atom stereocenters. The topological polar surface area (TPSA) is 83.3 Å². The maximum absolute atomic E-state index is 12.0. The third-order valence-corrected chi connectivity index (χ3v) is 3.74. The number of likely N-dealkylation sites (tertiary alicyclic amines) is 1. The largest absolute Gasteiger partial charge is 0.338 e. The zero-order chi connectivity index (χ0) is 15.5. The van der Waals surface area contributed by atoms with Crippen molar-refractivity contribution in [3.05, 3.63) is 42.0 Å². The van der Waals surface area contributed by atoms with Crippen LogP contribution in [-0.2, 0) is 0 Å². The second kappa shape index (κ2) is 6.15. The maximum Gasteiger partial charge on any atom is 0.319 e. The van der Waals surface area contributed by atoms with E-state index < -0.39 is 0 Å². The van der Waals surface area contributed by atoms with Crippen molar-refractivity contribution in [2.45, 2.75) is 25.4 Å². The Hall–Kier alpha value is -2.41. The minimum Gasteiger partial charge on any atom is -0.338 e. The number of hydrogen-bond donors (Lipinski definition) is 2. The first-order valence-corrected chi connectivity index (χ1v) is 7.25. The fraction of sp³-hybridized carbons (Fsp3) is 0.400. The summed E-state index contributed by atoms with van der Waals surface area (Å²) in [6, 6.07) is 9.27. The highest BCUT2D eigenvalue weighted by molar-refractivity contribution is 5.89. The molecule has 0 spiro atoms. The van der Waals surface area contributed by atoms with Crippen molar-refractivity contribution in [1.29, 1.82) is 0 Å². The van der Waals surface area contributed by atoms with E-state index in [1.165, 1.54) is 0 Å². The number of rotatable bonds is 3. The average molecular weight is 301 g/mol. The van der Waals surface area contributed by atoms with E-state index in [1.807, 2.05) is 37.4 Å². The van der Waals surface area contributed by atoms with E-state index in [0.717, 1.165) is 18.7 Å². The van der Waals surface area contributed by atoms with Gasteiger partial charge in [-0.2, -0.15) is 4.98 Å². The van der Waals surface area contributed by atoms with Crippen molar-refractivity contribution in [2.24, 2.45) is 0 Å². The predicted molar refractivity (Wildman–Crippen MR) is 81.4 cm³/mol. The van der Waals surface area contributed by atoms with Crippen molar-refractivity contribution < 1.29 is 9.32 Å². The molecule has 2 aromatic rings. The van der Waals surface area contributed by atoms with Gasteiger partial charge in [-0.1, -0.05) is 23.4 Å². The van der Waals surface area contributed by atoms with Crippen LogP contribution in [0, 0.1) is 6.92 Å². The molecule has 1 aromatic carbocycles. The number of aryl methyl sites for hydroxylation is 1. The molecule has 0 saturated carbocycles. The molecule has 1 saturated heterocycles. The smallest absolute Gasteiger partial charge is 0.319 e. The molecule has 3 rings (SSSR count). The van der Waals surface area contributed by atoms with E-state index in [-0.39, 0.29) is 18.1 Å². The average Bonchev–Trinajstić information content (AvgIpc) is 3.06. The molecule has 0 bridgehead atoms. The lowest BCUT2D eigenvalue weighted by Crippen LogP contribution is -2.39. The van der Waals surface area contributed by atoms with Gasteiger partial charge in [0.05, 0.1) is 6.04 Å². The van der Waals surface area contributed by atoms with Crippen LogP contribution < -0.4 is 10.6 Å². The Morgan fingerprint density at radius 3 is 2.82 bits per heavy atom. The predicted octanol–water partition coefficient (Wildman–Crippen LogP) is 1.94. The van der Waals surface area contributed by atoms with Gasteiger partial charge >= 0.3 is 6.03 Å². The Labute approximate surface area is 128 Å². The molecule has 1 aromatic heterocycles. The summed E-state index contributed by atoms with van der Waals surface area (Å²) in [6.07, 6.45) is 0.750. The van der Waals surface area contributed by atoms with Gasteiger partial charge in [-0.3, -0.25) is 4.90 Å². The molecule has 7 heteroatoms. The maximum atomic E-state index is 12.0. The summed E-state index contributed by atoms with van der Waals surface area (Å²) in [5, 5.41) is 9.63. The number of nitrogens with zero attached hydrogens (tertiary/aromatic N) is 3. The minimum absolute atomic E-state index is 0.0447. The first-order chi connectivity index (χ1) is 10.6. The van der Waals surface area contributed by atoms with Gasteiger partial charge in [0.2, 0.25) is 5.89 Å². The van der Waals surface area contributed by atoms with E-state index in [0.29, 0.717) is 11.7 Å². The van der Waals surface area contributed by atoms with Crippen LogP contribution in [0.1, 0.15) is 24.2 Å². The molecule has 2 N–H and O–H groups in total. The monoisotopic (exact) mass is 301 g/mol. The fourth-order valence-electron chi connectivity index (χ4n) is 2.72. The second-order valence-corrected chi connectivity index (χ2v) is 5.53. The van der Waals surface area contributed by atoms with Gasteiger partial charge in [-0.05, 0) is 32.5 Å². The first kappa shape index (κ1) is 14.5. The van der Waals surface area contributed by atoms with E-state index in [4.69, 9.17) is 4.52 Å². The molecular weight excluding hydrogens is 282 g/mol. The van der Waals surface area contributed by atoms with E-state index >= 15 is 0 Å². The summed E-state index contributed by atoms with van der Waals surface area (Å²) in [7, 11) is 1.99. The molecule has 1 aliphatic heterocycles. The van der Waals surface area contributed by atoms with Crippen molar-refractivity contribution in [2.75, 3.05) is 18.9 Å².